The van der Waals surface area contributed by atoms with Crippen molar-refractivity contribution in [1.82, 2.24) is 10.2 Å². The Balaban J connectivity index is 2.20. The number of nitrogens with two attached hydrogens (primary N) is 1. The van der Waals surface area contributed by atoms with Gasteiger partial charge in [-0.05, 0) is 25.8 Å². The molecule has 0 aromatic carbocycles. The fourth-order valence-corrected chi connectivity index (χ4v) is 2.11. The maximum atomic E-state index is 5.66. The van der Waals surface area contributed by atoms with Gasteiger partial charge in [-0.25, -0.2) is 0 Å². The van der Waals surface area contributed by atoms with Gasteiger partial charge in [0, 0.05) is 6.61 Å². The highest BCUT2D eigenvalue weighted by Crippen LogP contribution is 2.24. The topological polar surface area (TPSA) is 73.1 Å². The fourth-order valence-electron chi connectivity index (χ4n) is 1.94. The van der Waals surface area contributed by atoms with E-state index in [1.54, 1.807) is 12.3 Å². The molecule has 2 rings (SSSR count). The number of thiocarbonyl (C=S) groups is 1. The predicted octanol–water partition coefficient (Wildman–Crippen LogP) is 1.09. The molecule has 6 heteroatoms. The van der Waals surface area contributed by atoms with Crippen LogP contribution in [0, 0.1) is 0 Å². The van der Waals surface area contributed by atoms with Crippen molar-refractivity contribution in [1.29, 1.82) is 0 Å². The first kappa shape index (κ1) is 12.2. The van der Waals surface area contributed by atoms with Crippen LogP contribution < -0.4 is 11.1 Å². The van der Waals surface area contributed by atoms with Gasteiger partial charge in [0.2, 0.25) is 0 Å². The van der Waals surface area contributed by atoms with Crippen molar-refractivity contribution < 1.29 is 4.74 Å². The lowest BCUT2D eigenvalue weighted by molar-refractivity contribution is 0.0538. The predicted molar refractivity (Wildman–Crippen MR) is 70.0 cm³/mol. The summed E-state index contributed by atoms with van der Waals surface area (Å²) in [4.78, 5) is 0.322. The molecule has 5 nitrogen and oxygen atoms in total. The molecule has 0 aliphatic carbocycles. The Morgan fingerprint density at radius 2 is 2.47 bits per heavy atom. The summed E-state index contributed by atoms with van der Waals surface area (Å²) < 4.78 is 5.48. The number of hydrogen-bond acceptors (Lipinski definition) is 5. The van der Waals surface area contributed by atoms with E-state index in [1.807, 2.05) is 0 Å². The quantitative estimate of drug-likeness (QED) is 0.785. The number of anilines is 1. The van der Waals surface area contributed by atoms with Crippen molar-refractivity contribution in [3.05, 3.63) is 17.8 Å². The summed E-state index contributed by atoms with van der Waals surface area (Å²) in [5, 5.41) is 11.3. The summed E-state index contributed by atoms with van der Waals surface area (Å²) in [7, 11) is 0. The van der Waals surface area contributed by atoms with Crippen molar-refractivity contribution in [2.75, 3.05) is 18.5 Å². The van der Waals surface area contributed by atoms with Crippen molar-refractivity contribution in [2.24, 2.45) is 5.73 Å². The lowest BCUT2D eigenvalue weighted by atomic mass is 9.94. The number of aromatic nitrogens is 2. The number of nitrogens with zero attached hydrogens (tertiary/aromatic N) is 2. The van der Waals surface area contributed by atoms with Gasteiger partial charge in [0.25, 0.3) is 0 Å². The maximum absolute atomic E-state index is 5.66. The van der Waals surface area contributed by atoms with Crippen molar-refractivity contribution in [2.45, 2.75) is 25.3 Å². The second-order valence-electron chi connectivity index (χ2n) is 4.50. The Bertz CT molecular complexity index is 418. The van der Waals surface area contributed by atoms with E-state index in [1.165, 1.54) is 0 Å². The second-order valence-corrected chi connectivity index (χ2v) is 4.94. The molecule has 0 spiro atoms. The van der Waals surface area contributed by atoms with Gasteiger partial charge in [-0.2, -0.15) is 5.10 Å². The van der Waals surface area contributed by atoms with Gasteiger partial charge in [0.15, 0.2) is 5.82 Å². The van der Waals surface area contributed by atoms with Crippen LogP contribution in [0.25, 0.3) is 0 Å². The van der Waals surface area contributed by atoms with Crippen LogP contribution in [0.3, 0.4) is 0 Å². The first-order chi connectivity index (χ1) is 8.11. The molecule has 3 N–H and O–H groups in total. The van der Waals surface area contributed by atoms with E-state index in [0.717, 1.165) is 25.0 Å². The molecular formula is C11H16N4OS. The minimum Gasteiger partial charge on any atom is -0.389 e. The highest BCUT2D eigenvalue weighted by Gasteiger charge is 2.28. The molecule has 1 aliphatic heterocycles. The highest BCUT2D eigenvalue weighted by molar-refractivity contribution is 7.80. The van der Waals surface area contributed by atoms with Gasteiger partial charge in [-0.3, -0.25) is 0 Å². The zero-order valence-electron chi connectivity index (χ0n) is 9.77. The maximum Gasteiger partial charge on any atom is 0.159 e. The molecule has 17 heavy (non-hydrogen) atoms. The third-order valence-corrected chi connectivity index (χ3v) is 3.06. The first-order valence-electron chi connectivity index (χ1n) is 5.58. The Labute approximate surface area is 106 Å². The van der Waals surface area contributed by atoms with Crippen molar-refractivity contribution >= 4 is 23.0 Å². The summed E-state index contributed by atoms with van der Waals surface area (Å²) in [6, 6.07) is 1.77. The largest absolute Gasteiger partial charge is 0.389 e. The molecule has 1 fully saturated rings. The molecule has 2 heterocycles. The fraction of sp³-hybridized carbons (Fsp3) is 0.545. The molecule has 92 valence electrons. The second kappa shape index (κ2) is 4.93. The summed E-state index contributed by atoms with van der Waals surface area (Å²) in [5.41, 5.74) is 6.25. The molecule has 1 unspecified atom stereocenters. The van der Waals surface area contributed by atoms with E-state index in [2.05, 4.69) is 22.4 Å². The lowest BCUT2D eigenvalue weighted by Gasteiger charge is -2.35. The number of hydrogen-bond donors (Lipinski definition) is 2. The number of rotatable bonds is 3. The average Bonchev–Trinajstić information content (AvgIpc) is 2.29. The van der Waals surface area contributed by atoms with Crippen LogP contribution in [0.1, 0.15) is 25.3 Å². The number of nitrogens with one attached hydrogen (secondary N) is 1. The minimum absolute atomic E-state index is 0.131. The molecule has 0 radical (unpaired) electrons. The SMILES string of the molecule is CC1(Nc2nnccc2C(N)=S)CCCOC1. The standard InChI is InChI=1S/C11H16N4OS/c1-11(4-2-6-16-7-11)14-10-8(9(12)17)3-5-13-15-10/h3,5H,2,4,6-7H2,1H3,(H2,12,17)(H,14,15). The van der Waals surface area contributed by atoms with Gasteiger partial charge in [0.05, 0.1) is 23.9 Å². The smallest absolute Gasteiger partial charge is 0.159 e. The van der Waals surface area contributed by atoms with Crippen molar-refractivity contribution in [3.63, 3.8) is 0 Å². The zero-order valence-corrected chi connectivity index (χ0v) is 10.6. The lowest BCUT2D eigenvalue weighted by Crippen LogP contribution is -2.43. The van der Waals surface area contributed by atoms with Crippen molar-refractivity contribution in [3.8, 4) is 0 Å². The molecule has 1 aromatic rings. The van der Waals surface area contributed by atoms with Gasteiger partial charge >= 0.3 is 0 Å². The summed E-state index contributed by atoms with van der Waals surface area (Å²) >= 11 is 4.99. The normalized spacial score (nSPS) is 24.3. The Kier molecular flexibility index (Phi) is 3.54. The summed E-state index contributed by atoms with van der Waals surface area (Å²) in [5.74, 6) is 0.632. The van der Waals surface area contributed by atoms with E-state index in [4.69, 9.17) is 22.7 Å². The third kappa shape index (κ3) is 2.89. The molecule has 0 amide bonds. The highest BCUT2D eigenvalue weighted by atomic mass is 32.1. The van der Waals surface area contributed by atoms with Gasteiger partial charge in [-0.15, -0.1) is 5.10 Å². The summed E-state index contributed by atoms with van der Waals surface area (Å²) in [6.45, 7) is 3.57. The van der Waals surface area contributed by atoms with Crippen LogP contribution in [0.5, 0.6) is 0 Å². The Hall–Kier alpha value is -1.27. The van der Waals surface area contributed by atoms with Gasteiger partial charge in [0.1, 0.15) is 4.99 Å². The first-order valence-corrected chi connectivity index (χ1v) is 5.99. The third-order valence-electron chi connectivity index (χ3n) is 2.84. The molecule has 1 aromatic heterocycles. The van der Waals surface area contributed by atoms with Gasteiger partial charge in [-0.1, -0.05) is 12.2 Å². The molecule has 1 atom stereocenters. The van der Waals surface area contributed by atoms with Crippen LogP contribution in [0.4, 0.5) is 5.82 Å². The Morgan fingerprint density at radius 3 is 3.12 bits per heavy atom. The molecule has 0 bridgehead atoms. The minimum atomic E-state index is -0.131. The zero-order chi connectivity index (χ0) is 12.3. The molecule has 1 saturated heterocycles. The van der Waals surface area contributed by atoms with Crippen LogP contribution in [0.2, 0.25) is 0 Å². The van der Waals surface area contributed by atoms with E-state index in [0.29, 0.717) is 17.4 Å². The molecule has 1 aliphatic rings. The van der Waals surface area contributed by atoms with E-state index < -0.39 is 0 Å². The van der Waals surface area contributed by atoms with E-state index in [9.17, 15) is 0 Å². The molecular weight excluding hydrogens is 236 g/mol. The van der Waals surface area contributed by atoms with Gasteiger partial charge < -0.3 is 15.8 Å². The van der Waals surface area contributed by atoms with E-state index in [-0.39, 0.29) is 5.54 Å². The summed E-state index contributed by atoms with van der Waals surface area (Å²) in [6.07, 6.45) is 3.64. The van der Waals surface area contributed by atoms with Crippen LogP contribution in [-0.4, -0.2) is 33.9 Å². The Morgan fingerprint density at radius 1 is 1.65 bits per heavy atom. The van der Waals surface area contributed by atoms with Crippen LogP contribution >= 0.6 is 12.2 Å². The average molecular weight is 252 g/mol. The number of ether oxygens (including phenoxy) is 1. The van der Waals surface area contributed by atoms with Crippen LogP contribution in [-0.2, 0) is 4.74 Å². The van der Waals surface area contributed by atoms with Crippen LogP contribution in [0.15, 0.2) is 12.3 Å². The van der Waals surface area contributed by atoms with E-state index >= 15 is 0 Å². The molecule has 0 saturated carbocycles. The monoisotopic (exact) mass is 252 g/mol.